The summed E-state index contributed by atoms with van der Waals surface area (Å²) in [5, 5.41) is 22.9. The predicted molar refractivity (Wildman–Crippen MR) is 72.0 cm³/mol. The molecule has 2 amide bonds. The van der Waals surface area contributed by atoms with Crippen LogP contribution in [0.3, 0.4) is 0 Å². The molecule has 0 aliphatic rings. The largest absolute Gasteiger partial charge is 0.481 e. The van der Waals surface area contributed by atoms with Crippen molar-refractivity contribution in [2.75, 3.05) is 19.6 Å². The van der Waals surface area contributed by atoms with Gasteiger partial charge in [-0.05, 0) is 6.42 Å². The third kappa shape index (κ3) is 12.1. The van der Waals surface area contributed by atoms with Gasteiger partial charge in [-0.15, -0.1) is 0 Å². The minimum absolute atomic E-state index is 0.0822. The fourth-order valence-electron chi connectivity index (χ4n) is 1.27. The molecule has 0 saturated carbocycles. The van der Waals surface area contributed by atoms with Crippen molar-refractivity contribution < 1.29 is 19.5 Å². The Labute approximate surface area is 116 Å². The first-order valence-corrected chi connectivity index (χ1v) is 6.25. The molecular weight excluding hydrogens is 266 g/mol. The van der Waals surface area contributed by atoms with Gasteiger partial charge in [0.1, 0.15) is 0 Å². The molecule has 0 aliphatic carbocycles. The lowest BCUT2D eigenvalue weighted by Crippen LogP contribution is -2.33. The first-order valence-electron chi connectivity index (χ1n) is 6.25. The number of carboxylic acid groups (broad SMARTS) is 1. The zero-order valence-corrected chi connectivity index (χ0v) is 11.2. The van der Waals surface area contributed by atoms with Crippen molar-refractivity contribution in [3.63, 3.8) is 0 Å². The maximum atomic E-state index is 11.3. The van der Waals surface area contributed by atoms with Gasteiger partial charge in [0.05, 0.1) is 6.42 Å². The molecule has 0 aromatic carbocycles. The van der Waals surface area contributed by atoms with Gasteiger partial charge in [-0.3, -0.25) is 19.8 Å². The van der Waals surface area contributed by atoms with Crippen molar-refractivity contribution in [1.29, 1.82) is 5.41 Å². The second-order valence-electron chi connectivity index (χ2n) is 4.04. The number of guanidine groups is 1. The van der Waals surface area contributed by atoms with Crippen molar-refractivity contribution in [3.05, 3.63) is 0 Å². The number of amides is 2. The van der Waals surface area contributed by atoms with Crippen LogP contribution in [0, 0.1) is 5.41 Å². The number of carboxylic acids is 1. The van der Waals surface area contributed by atoms with Crippen LogP contribution in [0.4, 0.5) is 0 Å². The standard InChI is InChI=1S/C11H21N5O4/c12-11(13)16-5-1-2-8(17)14-6-3-9(18)15-7-4-10(19)20/h1-7H2,(H,14,17)(H,15,18)(H,19,20)(H4,12,13,16). The van der Waals surface area contributed by atoms with E-state index in [2.05, 4.69) is 16.0 Å². The highest BCUT2D eigenvalue weighted by Crippen LogP contribution is 1.88. The highest BCUT2D eigenvalue weighted by Gasteiger charge is 2.04. The van der Waals surface area contributed by atoms with E-state index in [4.69, 9.17) is 16.2 Å². The molecule has 0 radical (unpaired) electrons. The number of nitrogens with two attached hydrogens (primary N) is 1. The molecule has 0 spiro atoms. The van der Waals surface area contributed by atoms with Gasteiger partial charge < -0.3 is 26.8 Å². The molecule has 9 nitrogen and oxygen atoms in total. The maximum absolute atomic E-state index is 11.3. The Kier molecular flexibility index (Phi) is 9.36. The van der Waals surface area contributed by atoms with Crippen molar-refractivity contribution in [2.45, 2.75) is 25.7 Å². The Balaban J connectivity index is 3.48. The first kappa shape index (κ1) is 17.7. The Morgan fingerprint density at radius 3 is 2.00 bits per heavy atom. The summed E-state index contributed by atoms with van der Waals surface area (Å²) in [6.07, 6.45) is 0.801. The minimum Gasteiger partial charge on any atom is -0.481 e. The second-order valence-corrected chi connectivity index (χ2v) is 4.04. The summed E-state index contributed by atoms with van der Waals surface area (Å²) in [4.78, 5) is 32.8. The van der Waals surface area contributed by atoms with E-state index in [9.17, 15) is 14.4 Å². The quantitative estimate of drug-likeness (QED) is 0.160. The maximum Gasteiger partial charge on any atom is 0.305 e. The Morgan fingerprint density at radius 2 is 1.45 bits per heavy atom. The van der Waals surface area contributed by atoms with Gasteiger partial charge in [0, 0.05) is 32.5 Å². The van der Waals surface area contributed by atoms with E-state index in [1.54, 1.807) is 0 Å². The van der Waals surface area contributed by atoms with Gasteiger partial charge >= 0.3 is 5.97 Å². The van der Waals surface area contributed by atoms with E-state index >= 15 is 0 Å². The molecule has 0 rings (SSSR count). The molecule has 0 aromatic heterocycles. The summed E-state index contributed by atoms with van der Waals surface area (Å²) in [6, 6.07) is 0. The molecule has 0 heterocycles. The summed E-state index contributed by atoms with van der Waals surface area (Å²) >= 11 is 0. The van der Waals surface area contributed by atoms with Gasteiger partial charge in [-0.2, -0.15) is 0 Å². The highest BCUT2D eigenvalue weighted by atomic mass is 16.4. The summed E-state index contributed by atoms with van der Waals surface area (Å²) in [7, 11) is 0. The number of aliphatic carboxylic acids is 1. The number of rotatable bonds is 10. The molecular formula is C11H21N5O4. The van der Waals surface area contributed by atoms with Crippen LogP contribution in [0.5, 0.6) is 0 Å². The molecule has 0 bridgehead atoms. The summed E-state index contributed by atoms with van der Waals surface area (Å²) < 4.78 is 0. The molecule has 20 heavy (non-hydrogen) atoms. The molecule has 0 saturated heterocycles. The van der Waals surface area contributed by atoms with Crippen LogP contribution in [-0.2, 0) is 14.4 Å². The molecule has 0 fully saturated rings. The van der Waals surface area contributed by atoms with E-state index < -0.39 is 5.97 Å². The van der Waals surface area contributed by atoms with E-state index in [0.717, 1.165) is 0 Å². The predicted octanol–water partition coefficient (Wildman–Crippen LogP) is -1.65. The van der Waals surface area contributed by atoms with Gasteiger partial charge in [-0.25, -0.2) is 0 Å². The fraction of sp³-hybridized carbons (Fsp3) is 0.636. The van der Waals surface area contributed by atoms with Crippen LogP contribution < -0.4 is 21.7 Å². The third-order valence-corrected chi connectivity index (χ3v) is 2.23. The van der Waals surface area contributed by atoms with Crippen LogP contribution in [-0.4, -0.2) is 48.5 Å². The van der Waals surface area contributed by atoms with Gasteiger partial charge in [0.2, 0.25) is 11.8 Å². The average Bonchev–Trinajstić information content (AvgIpc) is 2.34. The molecule has 0 aromatic rings. The lowest BCUT2D eigenvalue weighted by molar-refractivity contribution is -0.137. The van der Waals surface area contributed by atoms with Crippen LogP contribution in [0.15, 0.2) is 0 Å². The second kappa shape index (κ2) is 10.6. The SMILES string of the molecule is N=C(N)NCCCC(=O)NCCC(=O)NCCC(=O)O. The Bertz CT molecular complexity index is 359. The lowest BCUT2D eigenvalue weighted by atomic mass is 10.3. The number of carbonyl (C=O) groups excluding carboxylic acids is 2. The van der Waals surface area contributed by atoms with Crippen LogP contribution >= 0.6 is 0 Å². The normalized spacial score (nSPS) is 9.60. The summed E-state index contributed by atoms with van der Waals surface area (Å²) in [5.41, 5.74) is 5.07. The monoisotopic (exact) mass is 287 g/mol. The Hall–Kier alpha value is -2.32. The lowest BCUT2D eigenvalue weighted by Gasteiger charge is -2.06. The number of nitrogens with one attached hydrogen (secondary N) is 4. The number of hydrogen-bond donors (Lipinski definition) is 6. The highest BCUT2D eigenvalue weighted by molar-refractivity contribution is 5.79. The summed E-state index contributed by atoms with van der Waals surface area (Å²) in [6.45, 7) is 0.731. The zero-order valence-electron chi connectivity index (χ0n) is 11.2. The van der Waals surface area contributed by atoms with Crippen molar-refractivity contribution in [2.24, 2.45) is 5.73 Å². The van der Waals surface area contributed by atoms with Gasteiger partial charge in [0.25, 0.3) is 0 Å². The third-order valence-electron chi connectivity index (χ3n) is 2.23. The van der Waals surface area contributed by atoms with E-state index in [0.29, 0.717) is 13.0 Å². The zero-order chi connectivity index (χ0) is 15.4. The molecule has 0 unspecified atom stereocenters. The van der Waals surface area contributed by atoms with E-state index in [1.165, 1.54) is 0 Å². The topological polar surface area (TPSA) is 157 Å². The van der Waals surface area contributed by atoms with Crippen LogP contribution in [0.1, 0.15) is 25.7 Å². The molecule has 114 valence electrons. The average molecular weight is 287 g/mol. The number of carbonyl (C=O) groups is 3. The van der Waals surface area contributed by atoms with Gasteiger partial charge in [-0.1, -0.05) is 0 Å². The minimum atomic E-state index is -0.974. The molecule has 0 atom stereocenters. The molecule has 7 N–H and O–H groups in total. The molecule has 9 heteroatoms. The van der Waals surface area contributed by atoms with E-state index in [1.807, 2.05) is 0 Å². The van der Waals surface area contributed by atoms with E-state index in [-0.39, 0.29) is 50.1 Å². The number of hydrogen-bond acceptors (Lipinski definition) is 4. The summed E-state index contributed by atoms with van der Waals surface area (Å²) in [5.74, 6) is -1.60. The Morgan fingerprint density at radius 1 is 0.900 bits per heavy atom. The van der Waals surface area contributed by atoms with Crippen LogP contribution in [0.25, 0.3) is 0 Å². The molecule has 0 aliphatic heterocycles. The first-order chi connectivity index (χ1) is 9.41. The smallest absolute Gasteiger partial charge is 0.305 e. The van der Waals surface area contributed by atoms with Gasteiger partial charge in [0.15, 0.2) is 5.96 Å². The van der Waals surface area contributed by atoms with Crippen molar-refractivity contribution in [1.82, 2.24) is 16.0 Å². The van der Waals surface area contributed by atoms with Crippen molar-refractivity contribution in [3.8, 4) is 0 Å². The fourth-order valence-corrected chi connectivity index (χ4v) is 1.27. The van der Waals surface area contributed by atoms with Crippen LogP contribution in [0.2, 0.25) is 0 Å². The van der Waals surface area contributed by atoms with Crippen molar-refractivity contribution >= 4 is 23.7 Å².